The fourth-order valence-corrected chi connectivity index (χ4v) is 2.96. The van der Waals surface area contributed by atoms with Gasteiger partial charge < -0.3 is 20.1 Å². The highest BCUT2D eigenvalue weighted by Crippen LogP contribution is 2.34. The summed E-state index contributed by atoms with van der Waals surface area (Å²) in [5.41, 5.74) is -1.56. The minimum atomic E-state index is -1.19. The number of anilines is 1. The van der Waals surface area contributed by atoms with Gasteiger partial charge in [-0.15, -0.1) is 0 Å². The van der Waals surface area contributed by atoms with Crippen molar-refractivity contribution < 1.29 is 19.6 Å². The van der Waals surface area contributed by atoms with E-state index in [9.17, 15) is 20.0 Å². The van der Waals surface area contributed by atoms with Gasteiger partial charge >= 0.3 is 11.8 Å². The molecule has 2 heterocycles. The van der Waals surface area contributed by atoms with E-state index in [1.807, 2.05) is 6.92 Å². The third kappa shape index (κ3) is 4.40. The van der Waals surface area contributed by atoms with Crippen LogP contribution < -0.4 is 10.2 Å². The smallest absolute Gasteiger partial charge is 0.408 e. The van der Waals surface area contributed by atoms with Crippen molar-refractivity contribution in [3.63, 3.8) is 0 Å². The summed E-state index contributed by atoms with van der Waals surface area (Å²) in [5, 5.41) is 24.8. The van der Waals surface area contributed by atoms with Crippen LogP contribution in [0.15, 0.2) is 18.5 Å². The maximum Gasteiger partial charge on any atom is 0.408 e. The minimum Gasteiger partial charge on any atom is -0.444 e. The molecule has 0 saturated carbocycles. The number of rotatable bonds is 3. The molecule has 2 rings (SSSR count). The molecule has 0 spiro atoms. The fourth-order valence-electron chi connectivity index (χ4n) is 2.96. The van der Waals surface area contributed by atoms with Crippen molar-refractivity contribution in [2.75, 3.05) is 18.0 Å². The van der Waals surface area contributed by atoms with E-state index in [-0.39, 0.29) is 18.2 Å². The lowest BCUT2D eigenvalue weighted by atomic mass is 9.79. The van der Waals surface area contributed by atoms with E-state index < -0.39 is 28.3 Å². The van der Waals surface area contributed by atoms with E-state index >= 15 is 0 Å². The zero-order valence-electron chi connectivity index (χ0n) is 15.7. The van der Waals surface area contributed by atoms with E-state index in [0.29, 0.717) is 12.2 Å². The standard InChI is InChI=1S/C17H26N4O5/c1-11-9-20(12-6-7-18-8-13(12)21(24)25)10-14(17(11,5)23)19-15(22)26-16(2,3)4/h6-8,11,14,23H,9-10H2,1-5H3,(H,19,22)/t11-,14+,17+/m0/s1. The van der Waals surface area contributed by atoms with Crippen LogP contribution in [0.4, 0.5) is 16.2 Å². The van der Waals surface area contributed by atoms with Crippen LogP contribution in [0.3, 0.4) is 0 Å². The second-order valence-corrected chi connectivity index (χ2v) is 7.85. The Kier molecular flexibility index (Phi) is 5.41. The number of nitro groups is 1. The van der Waals surface area contributed by atoms with Crippen LogP contribution >= 0.6 is 0 Å². The van der Waals surface area contributed by atoms with Crippen LogP contribution in [-0.2, 0) is 4.74 Å². The Morgan fingerprint density at radius 2 is 2.15 bits per heavy atom. The number of hydrogen-bond donors (Lipinski definition) is 2. The molecule has 0 aliphatic carbocycles. The maximum atomic E-state index is 12.2. The van der Waals surface area contributed by atoms with Crippen LogP contribution in [0, 0.1) is 16.0 Å². The van der Waals surface area contributed by atoms with E-state index in [4.69, 9.17) is 4.74 Å². The summed E-state index contributed by atoms with van der Waals surface area (Å²) in [4.78, 5) is 28.5. The summed E-state index contributed by atoms with van der Waals surface area (Å²) in [6, 6.07) is 0.906. The Balaban J connectivity index is 2.26. The number of amides is 1. The zero-order valence-corrected chi connectivity index (χ0v) is 15.7. The number of aliphatic hydroxyl groups is 1. The normalized spacial score (nSPS) is 26.3. The van der Waals surface area contributed by atoms with Crippen molar-refractivity contribution in [3.8, 4) is 0 Å². The molecule has 1 saturated heterocycles. The van der Waals surface area contributed by atoms with Gasteiger partial charge in [-0.2, -0.15) is 0 Å². The second-order valence-electron chi connectivity index (χ2n) is 7.85. The molecule has 1 aliphatic heterocycles. The number of alkyl carbamates (subject to hydrolysis) is 1. The third-order valence-electron chi connectivity index (χ3n) is 4.61. The number of aromatic nitrogens is 1. The quantitative estimate of drug-likeness (QED) is 0.621. The zero-order chi connectivity index (χ0) is 19.7. The van der Waals surface area contributed by atoms with Crippen LogP contribution in [0.2, 0.25) is 0 Å². The van der Waals surface area contributed by atoms with Gasteiger partial charge in [0, 0.05) is 25.2 Å². The first-order valence-corrected chi connectivity index (χ1v) is 8.47. The van der Waals surface area contributed by atoms with Crippen molar-refractivity contribution in [2.24, 2.45) is 5.92 Å². The number of piperidine rings is 1. The number of ether oxygens (including phenoxy) is 1. The van der Waals surface area contributed by atoms with Gasteiger partial charge in [-0.1, -0.05) is 6.92 Å². The van der Waals surface area contributed by atoms with E-state index in [1.165, 1.54) is 12.4 Å². The molecular formula is C17H26N4O5. The number of carbonyl (C=O) groups excluding carboxylic acids is 1. The highest BCUT2D eigenvalue weighted by Gasteiger charge is 2.45. The summed E-state index contributed by atoms with van der Waals surface area (Å²) in [7, 11) is 0. The first kappa shape index (κ1) is 19.9. The Morgan fingerprint density at radius 1 is 1.50 bits per heavy atom. The molecule has 0 aromatic carbocycles. The van der Waals surface area contributed by atoms with Crippen molar-refractivity contribution in [2.45, 2.75) is 51.9 Å². The highest BCUT2D eigenvalue weighted by molar-refractivity contribution is 5.69. The summed E-state index contributed by atoms with van der Waals surface area (Å²) in [6.07, 6.45) is 2.04. The monoisotopic (exact) mass is 366 g/mol. The molecule has 26 heavy (non-hydrogen) atoms. The minimum absolute atomic E-state index is 0.114. The van der Waals surface area contributed by atoms with Crippen LogP contribution in [0.5, 0.6) is 0 Å². The van der Waals surface area contributed by atoms with Gasteiger partial charge in [0.1, 0.15) is 17.5 Å². The third-order valence-corrected chi connectivity index (χ3v) is 4.61. The van der Waals surface area contributed by atoms with E-state index in [0.717, 1.165) is 0 Å². The second kappa shape index (κ2) is 7.06. The summed E-state index contributed by atoms with van der Waals surface area (Å²) < 4.78 is 5.27. The SMILES string of the molecule is C[C@H]1CN(c2ccncc2[N+](=O)[O-])C[C@@H](NC(=O)OC(C)(C)C)[C@]1(C)O. The average molecular weight is 366 g/mol. The van der Waals surface area contributed by atoms with Gasteiger partial charge in [0.2, 0.25) is 0 Å². The van der Waals surface area contributed by atoms with Crippen LogP contribution in [-0.4, -0.2) is 51.4 Å². The van der Waals surface area contributed by atoms with Gasteiger partial charge in [0.15, 0.2) is 0 Å². The molecule has 0 bridgehead atoms. The maximum absolute atomic E-state index is 12.2. The van der Waals surface area contributed by atoms with Crippen molar-refractivity contribution in [3.05, 3.63) is 28.6 Å². The molecule has 1 fully saturated rings. The van der Waals surface area contributed by atoms with Gasteiger partial charge in [-0.3, -0.25) is 15.1 Å². The molecule has 3 atom stereocenters. The Labute approximate surface area is 152 Å². The highest BCUT2D eigenvalue weighted by atomic mass is 16.6. The lowest BCUT2D eigenvalue weighted by molar-refractivity contribution is -0.384. The molecule has 144 valence electrons. The first-order chi connectivity index (χ1) is 11.9. The average Bonchev–Trinajstić information content (AvgIpc) is 2.50. The molecule has 1 amide bonds. The van der Waals surface area contributed by atoms with Gasteiger partial charge in [-0.05, 0) is 33.8 Å². The lowest BCUT2D eigenvalue weighted by Gasteiger charge is -2.47. The molecular weight excluding hydrogens is 340 g/mol. The molecule has 1 aromatic heterocycles. The molecule has 2 N–H and O–H groups in total. The van der Waals surface area contributed by atoms with E-state index in [1.54, 1.807) is 38.7 Å². The van der Waals surface area contributed by atoms with Crippen molar-refractivity contribution in [1.29, 1.82) is 0 Å². The summed E-state index contributed by atoms with van der Waals surface area (Å²) in [6.45, 7) is 9.36. The van der Waals surface area contributed by atoms with Gasteiger partial charge in [0.25, 0.3) is 0 Å². The van der Waals surface area contributed by atoms with Crippen LogP contribution in [0.25, 0.3) is 0 Å². The number of hydrogen-bond acceptors (Lipinski definition) is 7. The fraction of sp³-hybridized carbons (Fsp3) is 0.647. The topological polar surface area (TPSA) is 118 Å². The Morgan fingerprint density at radius 3 is 2.73 bits per heavy atom. The van der Waals surface area contributed by atoms with E-state index in [2.05, 4.69) is 10.3 Å². The number of nitrogens with one attached hydrogen (secondary N) is 1. The molecule has 1 aliphatic rings. The largest absolute Gasteiger partial charge is 0.444 e. The molecule has 1 aromatic rings. The van der Waals surface area contributed by atoms with Crippen molar-refractivity contribution in [1.82, 2.24) is 10.3 Å². The molecule has 9 nitrogen and oxygen atoms in total. The number of pyridine rings is 1. The Hall–Kier alpha value is -2.42. The van der Waals surface area contributed by atoms with Gasteiger partial charge in [0.05, 0.1) is 16.6 Å². The first-order valence-electron chi connectivity index (χ1n) is 8.47. The predicted molar refractivity (Wildman–Crippen MR) is 96.0 cm³/mol. The predicted octanol–water partition coefficient (Wildman–Crippen LogP) is 2.09. The molecule has 9 heteroatoms. The van der Waals surface area contributed by atoms with Crippen molar-refractivity contribution >= 4 is 17.5 Å². The number of carbonyl (C=O) groups is 1. The van der Waals surface area contributed by atoms with Gasteiger partial charge in [-0.25, -0.2) is 4.79 Å². The summed E-state index contributed by atoms with van der Waals surface area (Å²) >= 11 is 0. The van der Waals surface area contributed by atoms with Crippen LogP contribution in [0.1, 0.15) is 34.6 Å². The molecule has 0 radical (unpaired) electrons. The summed E-state index contributed by atoms with van der Waals surface area (Å²) in [5.74, 6) is -0.246. The lowest BCUT2D eigenvalue weighted by Crippen LogP contribution is -2.65. The Bertz CT molecular complexity index is 686. The molecule has 0 unspecified atom stereocenters. The number of nitrogens with zero attached hydrogens (tertiary/aromatic N) is 3.